The van der Waals surface area contributed by atoms with Gasteiger partial charge in [-0.05, 0) is 17.7 Å². The summed E-state index contributed by atoms with van der Waals surface area (Å²) in [5, 5.41) is 18.9. The highest BCUT2D eigenvalue weighted by atomic mass is 35.5. The Labute approximate surface area is 117 Å². The normalized spacial score (nSPS) is 25.3. The fourth-order valence-electron chi connectivity index (χ4n) is 2.80. The minimum atomic E-state index is -3.32. The lowest BCUT2D eigenvalue weighted by Crippen LogP contribution is -2.23. The van der Waals surface area contributed by atoms with Crippen molar-refractivity contribution in [3.63, 3.8) is 0 Å². The molecule has 2 atom stereocenters. The van der Waals surface area contributed by atoms with Gasteiger partial charge in [-0.2, -0.15) is 0 Å². The molecule has 0 spiro atoms. The van der Waals surface area contributed by atoms with Crippen LogP contribution in [0.4, 0.5) is 0 Å². The molecule has 1 aromatic rings. The molecule has 1 aliphatic rings. The van der Waals surface area contributed by atoms with Crippen LogP contribution in [0.3, 0.4) is 0 Å². The molecule has 0 radical (unpaired) electrons. The number of benzene rings is 1. The molecule has 0 bridgehead atoms. The van der Waals surface area contributed by atoms with Crippen molar-refractivity contribution in [2.45, 2.75) is 18.1 Å². The Morgan fingerprint density at radius 3 is 2.16 bits per heavy atom. The highest BCUT2D eigenvalue weighted by Crippen LogP contribution is 2.62. The maximum atomic E-state index is 12.1. The number of sulfone groups is 1. The molecular formula is C13H17ClO4S. The van der Waals surface area contributed by atoms with E-state index in [9.17, 15) is 18.6 Å². The second-order valence-corrected chi connectivity index (χ2v) is 7.80. The van der Waals surface area contributed by atoms with E-state index in [4.69, 9.17) is 11.6 Å². The average molecular weight is 305 g/mol. The zero-order valence-corrected chi connectivity index (χ0v) is 12.2. The van der Waals surface area contributed by atoms with Gasteiger partial charge in [0.1, 0.15) is 0 Å². The van der Waals surface area contributed by atoms with Gasteiger partial charge in [0.15, 0.2) is 9.84 Å². The van der Waals surface area contributed by atoms with Crippen LogP contribution in [-0.4, -0.2) is 42.8 Å². The summed E-state index contributed by atoms with van der Waals surface area (Å²) in [7, 11) is -3.32. The molecule has 1 fully saturated rings. The van der Waals surface area contributed by atoms with Gasteiger partial charge in [0, 0.05) is 22.1 Å². The predicted octanol–water partition coefficient (Wildman–Crippen LogP) is 1.21. The Hall–Kier alpha value is -0.620. The largest absolute Gasteiger partial charge is 0.396 e. The van der Waals surface area contributed by atoms with Crippen molar-refractivity contribution < 1.29 is 18.6 Å². The fraction of sp³-hybridized carbons (Fsp3) is 0.538. The van der Waals surface area contributed by atoms with E-state index in [0.29, 0.717) is 5.02 Å². The molecule has 0 amide bonds. The number of aliphatic hydroxyl groups excluding tert-OH is 2. The minimum Gasteiger partial charge on any atom is -0.396 e. The van der Waals surface area contributed by atoms with E-state index in [0.717, 1.165) is 5.56 Å². The molecule has 1 aromatic carbocycles. The molecule has 6 heteroatoms. The molecule has 2 N–H and O–H groups in total. The van der Waals surface area contributed by atoms with E-state index in [1.54, 1.807) is 31.2 Å². The van der Waals surface area contributed by atoms with Gasteiger partial charge in [-0.1, -0.05) is 30.7 Å². The SMILES string of the molecule is CCS(=O)(=O)[C@H]1[C@H](c2ccc(Cl)cc2)C1(CO)CO. The Balaban J connectivity index is 2.42. The second kappa shape index (κ2) is 5.05. The summed E-state index contributed by atoms with van der Waals surface area (Å²) in [6.07, 6.45) is 0. The van der Waals surface area contributed by atoms with Gasteiger partial charge in [0.2, 0.25) is 0 Å². The van der Waals surface area contributed by atoms with Crippen LogP contribution in [0.1, 0.15) is 18.4 Å². The summed E-state index contributed by atoms with van der Waals surface area (Å²) >= 11 is 5.81. The first-order valence-corrected chi connectivity index (χ1v) is 8.21. The van der Waals surface area contributed by atoms with Crippen LogP contribution in [0.15, 0.2) is 24.3 Å². The van der Waals surface area contributed by atoms with E-state index in [1.165, 1.54) is 0 Å². The second-order valence-electron chi connectivity index (χ2n) is 4.95. The topological polar surface area (TPSA) is 74.6 Å². The Bertz CT molecular complexity index is 549. The van der Waals surface area contributed by atoms with Gasteiger partial charge < -0.3 is 10.2 Å². The summed E-state index contributed by atoms with van der Waals surface area (Å²) in [6.45, 7) is 0.882. The molecule has 1 aliphatic carbocycles. The highest BCUT2D eigenvalue weighted by Gasteiger charge is 2.69. The third-order valence-electron chi connectivity index (χ3n) is 3.99. The van der Waals surface area contributed by atoms with Crippen LogP contribution in [0, 0.1) is 5.41 Å². The zero-order valence-electron chi connectivity index (χ0n) is 10.6. The van der Waals surface area contributed by atoms with E-state index < -0.39 is 20.5 Å². The third-order valence-corrected chi connectivity index (χ3v) is 6.56. The van der Waals surface area contributed by atoms with Crippen LogP contribution < -0.4 is 0 Å². The molecule has 0 heterocycles. The van der Waals surface area contributed by atoms with Crippen molar-refractivity contribution in [3.05, 3.63) is 34.9 Å². The van der Waals surface area contributed by atoms with Crippen LogP contribution in [-0.2, 0) is 9.84 Å². The van der Waals surface area contributed by atoms with Gasteiger partial charge in [0.25, 0.3) is 0 Å². The lowest BCUT2D eigenvalue weighted by molar-refractivity contribution is 0.130. The predicted molar refractivity (Wildman–Crippen MR) is 74.0 cm³/mol. The summed E-state index contributed by atoms with van der Waals surface area (Å²) in [4.78, 5) is 0. The minimum absolute atomic E-state index is 0.00348. The molecule has 0 aromatic heterocycles. The molecule has 0 saturated heterocycles. The maximum Gasteiger partial charge on any atom is 0.154 e. The van der Waals surface area contributed by atoms with E-state index in [2.05, 4.69) is 0 Å². The Morgan fingerprint density at radius 1 is 1.21 bits per heavy atom. The summed E-state index contributed by atoms with van der Waals surface area (Å²) in [5.41, 5.74) is -0.183. The monoisotopic (exact) mass is 304 g/mol. The van der Waals surface area contributed by atoms with Gasteiger partial charge in [0.05, 0.1) is 18.5 Å². The van der Waals surface area contributed by atoms with E-state index >= 15 is 0 Å². The molecule has 19 heavy (non-hydrogen) atoms. The van der Waals surface area contributed by atoms with Gasteiger partial charge in [-0.3, -0.25) is 0 Å². The standard InChI is InChI=1S/C13H17ClO4S/c1-2-19(17,18)12-11(13(12,7-15)8-16)9-3-5-10(14)6-4-9/h3-6,11-12,15-16H,2,7-8H2,1H3/t11-,12-/m0/s1. The fourth-order valence-corrected chi connectivity index (χ4v) is 5.06. The van der Waals surface area contributed by atoms with Gasteiger partial charge in [-0.25, -0.2) is 8.42 Å². The van der Waals surface area contributed by atoms with Crippen LogP contribution in [0.2, 0.25) is 5.02 Å². The first-order valence-electron chi connectivity index (χ1n) is 6.11. The molecule has 0 aliphatic heterocycles. The van der Waals surface area contributed by atoms with Crippen LogP contribution in [0.5, 0.6) is 0 Å². The lowest BCUT2D eigenvalue weighted by Gasteiger charge is -2.10. The van der Waals surface area contributed by atoms with Crippen LogP contribution in [0.25, 0.3) is 0 Å². The van der Waals surface area contributed by atoms with E-state index in [1.807, 2.05) is 0 Å². The summed E-state index contributed by atoms with van der Waals surface area (Å²) < 4.78 is 24.2. The molecule has 2 rings (SSSR count). The molecular weight excluding hydrogens is 288 g/mol. The number of aliphatic hydroxyl groups is 2. The number of rotatable bonds is 5. The van der Waals surface area contributed by atoms with Crippen molar-refractivity contribution in [1.29, 1.82) is 0 Å². The van der Waals surface area contributed by atoms with Crippen LogP contribution >= 0.6 is 11.6 Å². The molecule has 4 nitrogen and oxygen atoms in total. The zero-order chi connectivity index (χ0) is 14.3. The molecule has 106 valence electrons. The quantitative estimate of drug-likeness (QED) is 0.857. The first kappa shape index (κ1) is 14.8. The Morgan fingerprint density at radius 2 is 1.74 bits per heavy atom. The van der Waals surface area contributed by atoms with Gasteiger partial charge in [-0.15, -0.1) is 0 Å². The molecule has 0 unspecified atom stereocenters. The number of halogens is 1. The number of hydrogen-bond donors (Lipinski definition) is 2. The molecule has 1 saturated carbocycles. The van der Waals surface area contributed by atoms with Crippen molar-refractivity contribution in [2.75, 3.05) is 19.0 Å². The van der Waals surface area contributed by atoms with Crippen molar-refractivity contribution in [2.24, 2.45) is 5.41 Å². The van der Waals surface area contributed by atoms with E-state index in [-0.39, 0.29) is 24.9 Å². The van der Waals surface area contributed by atoms with Crippen molar-refractivity contribution in [1.82, 2.24) is 0 Å². The lowest BCUT2D eigenvalue weighted by atomic mass is 10.0. The third kappa shape index (κ3) is 2.29. The van der Waals surface area contributed by atoms with Crippen molar-refractivity contribution in [3.8, 4) is 0 Å². The van der Waals surface area contributed by atoms with Crippen molar-refractivity contribution >= 4 is 21.4 Å². The first-order chi connectivity index (χ1) is 8.93. The Kier molecular flexibility index (Phi) is 3.93. The maximum absolute atomic E-state index is 12.1. The van der Waals surface area contributed by atoms with Gasteiger partial charge >= 0.3 is 0 Å². The average Bonchev–Trinajstić information content (AvgIpc) is 3.10. The highest BCUT2D eigenvalue weighted by molar-refractivity contribution is 7.92. The number of hydrogen-bond acceptors (Lipinski definition) is 4. The summed E-state index contributed by atoms with van der Waals surface area (Å²) in [6, 6.07) is 6.87. The summed E-state index contributed by atoms with van der Waals surface area (Å²) in [5.74, 6) is -0.367. The smallest absolute Gasteiger partial charge is 0.154 e.